The van der Waals surface area contributed by atoms with Crippen molar-refractivity contribution < 1.29 is 19.4 Å². The summed E-state index contributed by atoms with van der Waals surface area (Å²) < 4.78 is 11.0. The maximum absolute atomic E-state index is 11.9. The Labute approximate surface area is 248 Å². The van der Waals surface area contributed by atoms with Crippen molar-refractivity contribution in [1.29, 1.82) is 0 Å². The van der Waals surface area contributed by atoms with Gasteiger partial charge in [-0.1, -0.05) is 140 Å². The van der Waals surface area contributed by atoms with Crippen LogP contribution in [0.5, 0.6) is 0 Å². The van der Waals surface area contributed by atoms with Gasteiger partial charge in [-0.2, -0.15) is 0 Å². The second-order valence-corrected chi connectivity index (χ2v) is 10.9. The topological polar surface area (TPSA) is 55.8 Å². The van der Waals surface area contributed by atoms with Crippen molar-refractivity contribution >= 4 is 5.97 Å². The summed E-state index contributed by atoms with van der Waals surface area (Å²) in [6.45, 7) is 5.15. The third-order valence-electron chi connectivity index (χ3n) is 6.92. The lowest BCUT2D eigenvalue weighted by Crippen LogP contribution is -2.27. The first-order valence-electron chi connectivity index (χ1n) is 16.7. The molecule has 0 aromatic heterocycles. The first-order valence-corrected chi connectivity index (χ1v) is 16.7. The molecule has 0 saturated heterocycles. The van der Waals surface area contributed by atoms with Crippen LogP contribution in [0.1, 0.15) is 149 Å². The molecule has 1 atom stereocenters. The van der Waals surface area contributed by atoms with E-state index in [2.05, 4.69) is 62.5 Å². The molecule has 0 amide bonds. The van der Waals surface area contributed by atoms with Crippen LogP contribution in [-0.2, 0) is 14.3 Å². The SMILES string of the molecule is CC/C=C\C/C=C\C/C=C\C/C=C\CCCCCCCCCCCOCC(CO)OC(=O)CCCCCCCC. The summed E-state index contributed by atoms with van der Waals surface area (Å²) in [6, 6.07) is 0. The minimum atomic E-state index is -0.532. The van der Waals surface area contributed by atoms with Crippen LogP contribution < -0.4 is 0 Å². The highest BCUT2D eigenvalue weighted by Crippen LogP contribution is 2.12. The smallest absolute Gasteiger partial charge is 0.306 e. The van der Waals surface area contributed by atoms with Gasteiger partial charge in [0.25, 0.3) is 0 Å². The van der Waals surface area contributed by atoms with Gasteiger partial charge in [0.05, 0.1) is 13.2 Å². The molecule has 40 heavy (non-hydrogen) atoms. The Morgan fingerprint density at radius 1 is 0.625 bits per heavy atom. The van der Waals surface area contributed by atoms with Gasteiger partial charge >= 0.3 is 5.97 Å². The Balaban J connectivity index is 3.42. The highest BCUT2D eigenvalue weighted by Gasteiger charge is 2.13. The number of rotatable bonds is 30. The lowest BCUT2D eigenvalue weighted by atomic mass is 10.1. The first kappa shape index (κ1) is 38.4. The number of ether oxygens (including phenoxy) is 2. The maximum atomic E-state index is 11.9. The number of aliphatic hydroxyl groups is 1. The van der Waals surface area contributed by atoms with Crippen molar-refractivity contribution in [2.75, 3.05) is 19.8 Å². The van der Waals surface area contributed by atoms with Gasteiger partial charge in [0.15, 0.2) is 0 Å². The molecule has 4 nitrogen and oxygen atoms in total. The summed E-state index contributed by atoms with van der Waals surface area (Å²) in [5, 5.41) is 9.46. The van der Waals surface area contributed by atoms with E-state index in [1.165, 1.54) is 83.5 Å². The van der Waals surface area contributed by atoms with Crippen molar-refractivity contribution in [2.45, 2.75) is 155 Å². The Morgan fingerprint density at radius 2 is 1.12 bits per heavy atom. The predicted molar refractivity (Wildman–Crippen MR) is 173 cm³/mol. The van der Waals surface area contributed by atoms with Crippen LogP contribution in [0.4, 0.5) is 0 Å². The van der Waals surface area contributed by atoms with Gasteiger partial charge in [0, 0.05) is 13.0 Å². The van der Waals surface area contributed by atoms with Crippen molar-refractivity contribution in [1.82, 2.24) is 0 Å². The molecule has 0 bridgehead atoms. The number of carbonyl (C=O) groups is 1. The molecule has 0 aliphatic heterocycles. The molecule has 0 radical (unpaired) electrons. The van der Waals surface area contributed by atoms with Crippen LogP contribution in [0.15, 0.2) is 48.6 Å². The summed E-state index contributed by atoms with van der Waals surface area (Å²) in [6.07, 6.45) is 41.7. The molecule has 0 rings (SSSR count). The minimum absolute atomic E-state index is 0.175. The number of esters is 1. The summed E-state index contributed by atoms with van der Waals surface area (Å²) in [5.74, 6) is -0.215. The zero-order valence-electron chi connectivity index (χ0n) is 26.3. The van der Waals surface area contributed by atoms with Gasteiger partial charge in [-0.3, -0.25) is 4.79 Å². The number of carbonyl (C=O) groups excluding carboxylic acids is 1. The second kappa shape index (κ2) is 33.6. The molecule has 0 aliphatic carbocycles. The number of hydrogen-bond donors (Lipinski definition) is 1. The zero-order valence-corrected chi connectivity index (χ0v) is 26.3. The number of unbranched alkanes of at least 4 members (excludes halogenated alkanes) is 14. The van der Waals surface area contributed by atoms with Crippen molar-refractivity contribution in [2.24, 2.45) is 0 Å². The van der Waals surface area contributed by atoms with E-state index in [0.717, 1.165) is 44.9 Å². The van der Waals surface area contributed by atoms with Crippen molar-refractivity contribution in [3.05, 3.63) is 48.6 Å². The molecular formula is C36H64O4. The van der Waals surface area contributed by atoms with Crippen LogP contribution in [-0.4, -0.2) is 37.0 Å². The van der Waals surface area contributed by atoms with E-state index < -0.39 is 6.10 Å². The number of allylic oxidation sites excluding steroid dienone is 8. The lowest BCUT2D eigenvalue weighted by Gasteiger charge is -2.15. The highest BCUT2D eigenvalue weighted by molar-refractivity contribution is 5.69. The fraction of sp³-hybridized carbons (Fsp3) is 0.750. The standard InChI is InChI=1S/C36H64O4/c1-3-5-7-9-11-12-13-14-15-16-17-18-19-20-21-22-23-24-25-26-28-30-32-39-34-35(33-37)40-36(38)31-29-27-10-8-6-4-2/h5,7,11-12,14-15,17-18,35,37H,3-4,6,8-10,13,16,19-34H2,1-2H3/b7-5-,12-11-,15-14-,18-17-. The van der Waals surface area contributed by atoms with Gasteiger partial charge in [-0.15, -0.1) is 0 Å². The van der Waals surface area contributed by atoms with Gasteiger partial charge in [0.2, 0.25) is 0 Å². The molecule has 0 heterocycles. The van der Waals surface area contributed by atoms with Crippen LogP contribution >= 0.6 is 0 Å². The second-order valence-electron chi connectivity index (χ2n) is 10.9. The average molecular weight is 561 g/mol. The van der Waals surface area contributed by atoms with Crippen LogP contribution in [0.2, 0.25) is 0 Å². The van der Waals surface area contributed by atoms with Gasteiger partial charge in [-0.25, -0.2) is 0 Å². The van der Waals surface area contributed by atoms with Crippen LogP contribution in [0, 0.1) is 0 Å². The Hall–Kier alpha value is -1.65. The minimum Gasteiger partial charge on any atom is -0.457 e. The molecule has 0 aromatic carbocycles. The summed E-state index contributed by atoms with van der Waals surface area (Å²) in [7, 11) is 0. The molecule has 0 spiro atoms. The van der Waals surface area contributed by atoms with Gasteiger partial charge < -0.3 is 14.6 Å². The van der Waals surface area contributed by atoms with E-state index in [1.807, 2.05) is 0 Å². The molecule has 0 aromatic rings. The van der Waals surface area contributed by atoms with Gasteiger partial charge in [0.1, 0.15) is 6.10 Å². The van der Waals surface area contributed by atoms with E-state index in [0.29, 0.717) is 19.6 Å². The first-order chi connectivity index (χ1) is 19.7. The normalized spacial score (nSPS) is 13.0. The molecule has 0 fully saturated rings. The predicted octanol–water partition coefficient (Wildman–Crippen LogP) is 10.4. The van der Waals surface area contributed by atoms with E-state index in [1.54, 1.807) is 0 Å². The third-order valence-corrected chi connectivity index (χ3v) is 6.92. The summed E-state index contributed by atoms with van der Waals surface area (Å²) >= 11 is 0. The monoisotopic (exact) mass is 560 g/mol. The third kappa shape index (κ3) is 30.9. The molecule has 4 heteroatoms. The lowest BCUT2D eigenvalue weighted by molar-refractivity contribution is -0.154. The quantitative estimate of drug-likeness (QED) is 0.0539. The Kier molecular flexibility index (Phi) is 32.2. The van der Waals surface area contributed by atoms with Crippen molar-refractivity contribution in [3.8, 4) is 0 Å². The Morgan fingerprint density at radius 3 is 1.70 bits per heavy atom. The average Bonchev–Trinajstić information content (AvgIpc) is 2.96. The largest absolute Gasteiger partial charge is 0.457 e. The Bertz CT molecular complexity index is 635. The molecule has 1 unspecified atom stereocenters. The highest BCUT2D eigenvalue weighted by atomic mass is 16.6. The fourth-order valence-electron chi connectivity index (χ4n) is 4.43. The maximum Gasteiger partial charge on any atom is 0.306 e. The van der Waals surface area contributed by atoms with E-state index >= 15 is 0 Å². The van der Waals surface area contributed by atoms with E-state index in [4.69, 9.17) is 9.47 Å². The summed E-state index contributed by atoms with van der Waals surface area (Å²) in [4.78, 5) is 11.9. The molecule has 232 valence electrons. The van der Waals surface area contributed by atoms with Crippen LogP contribution in [0.25, 0.3) is 0 Å². The summed E-state index contributed by atoms with van der Waals surface area (Å²) in [5.41, 5.74) is 0. The van der Waals surface area contributed by atoms with Crippen molar-refractivity contribution in [3.63, 3.8) is 0 Å². The molecule has 0 aliphatic rings. The fourth-order valence-corrected chi connectivity index (χ4v) is 4.43. The molecular weight excluding hydrogens is 496 g/mol. The van der Waals surface area contributed by atoms with Gasteiger partial charge in [-0.05, 0) is 51.4 Å². The van der Waals surface area contributed by atoms with E-state index in [9.17, 15) is 9.90 Å². The van der Waals surface area contributed by atoms with Crippen LogP contribution in [0.3, 0.4) is 0 Å². The zero-order chi connectivity index (χ0) is 29.2. The molecule has 1 N–H and O–H groups in total. The van der Waals surface area contributed by atoms with E-state index in [-0.39, 0.29) is 12.6 Å². The molecule has 0 saturated carbocycles. The number of aliphatic hydroxyl groups excluding tert-OH is 1. The number of hydrogen-bond acceptors (Lipinski definition) is 4.